The van der Waals surface area contributed by atoms with Crippen LogP contribution in [0.5, 0.6) is 0 Å². The molecular weight excluding hydrogens is 383 g/mol. The van der Waals surface area contributed by atoms with Gasteiger partial charge in [-0.25, -0.2) is 0 Å². The van der Waals surface area contributed by atoms with Crippen molar-refractivity contribution in [3.63, 3.8) is 0 Å². The van der Waals surface area contributed by atoms with E-state index in [2.05, 4.69) is 109 Å². The molecule has 3 aromatic rings. The van der Waals surface area contributed by atoms with Gasteiger partial charge in [0.25, 0.3) is 0 Å². The normalized spacial score (nSPS) is 11.0. The summed E-state index contributed by atoms with van der Waals surface area (Å²) in [6, 6.07) is 33.3. The summed E-state index contributed by atoms with van der Waals surface area (Å²) in [5.41, 5.74) is 1.40. The van der Waals surface area contributed by atoms with Crippen LogP contribution in [0.1, 0.15) is 13.8 Å². The van der Waals surface area contributed by atoms with E-state index in [1.54, 1.807) is 0 Å². The molecule has 0 spiro atoms. The van der Waals surface area contributed by atoms with Gasteiger partial charge in [0.1, 0.15) is 0 Å². The molecule has 0 atom stereocenters. The molecule has 0 unspecified atom stereocenters. The molecule has 1 heteroatoms. The van der Waals surface area contributed by atoms with E-state index >= 15 is 0 Å². The minimum absolute atomic E-state index is 1.40. The second kappa shape index (κ2) is 7.18. The molecule has 0 aliphatic rings. The van der Waals surface area contributed by atoms with Crippen LogP contribution in [0.25, 0.3) is 0 Å². The van der Waals surface area contributed by atoms with Crippen molar-refractivity contribution < 1.29 is 0 Å². The predicted molar refractivity (Wildman–Crippen MR) is 103 cm³/mol. The maximum atomic E-state index is 2.59. The molecule has 3 rings (SSSR count). The summed E-state index contributed by atoms with van der Waals surface area (Å²) in [6.07, 6.45) is 0. The first kappa shape index (κ1) is 16.1. The Labute approximate surface area is 143 Å². The average molecular weight is 405 g/mol. The quantitative estimate of drug-likeness (QED) is 0.582. The fourth-order valence-electron chi connectivity index (χ4n) is 3.29. The van der Waals surface area contributed by atoms with E-state index < -0.39 is 18.4 Å². The van der Waals surface area contributed by atoms with Crippen molar-refractivity contribution in [2.45, 2.75) is 13.8 Å². The molecule has 114 valence electrons. The van der Waals surface area contributed by atoms with E-state index in [1.165, 1.54) is 16.3 Å². The van der Waals surface area contributed by atoms with Crippen LogP contribution >= 0.6 is 0 Å². The first-order chi connectivity index (χ1) is 11.2. The van der Waals surface area contributed by atoms with Crippen LogP contribution in [0.4, 0.5) is 0 Å². The second-order valence-electron chi connectivity index (χ2n) is 6.13. The van der Waals surface area contributed by atoms with Gasteiger partial charge in [0.05, 0.1) is 0 Å². The molecule has 0 aromatic heterocycles. The number of benzene rings is 3. The third-order valence-corrected chi connectivity index (χ3v) is 17.7. The maximum absolute atomic E-state index is 3.12. The van der Waals surface area contributed by atoms with Gasteiger partial charge >= 0.3 is 144 Å². The van der Waals surface area contributed by atoms with Crippen LogP contribution < -0.4 is 10.7 Å². The van der Waals surface area contributed by atoms with Crippen LogP contribution in [-0.4, -0.2) is 18.4 Å². The Balaban J connectivity index is 2.38. The fourth-order valence-corrected chi connectivity index (χ4v) is 16.2. The van der Waals surface area contributed by atoms with Crippen molar-refractivity contribution in [3.8, 4) is 0 Å². The first-order valence-corrected chi connectivity index (χ1v) is 14.0. The first-order valence-electron chi connectivity index (χ1n) is 8.06. The molecule has 0 saturated heterocycles. The molecule has 0 fully saturated rings. The van der Waals surface area contributed by atoms with Gasteiger partial charge in [0, 0.05) is 0 Å². The summed E-state index contributed by atoms with van der Waals surface area (Å²) < 4.78 is 7.09. The van der Waals surface area contributed by atoms with Crippen LogP contribution in [0.15, 0.2) is 101 Å². The SMILES string of the molecule is CC(C)=[CH][Sn]([c]1ccccc1)([c]1ccccc1)[c]1ccccc1. The predicted octanol–water partition coefficient (Wildman–Crippen LogP) is 3.66. The summed E-state index contributed by atoms with van der Waals surface area (Å²) in [5, 5.41) is 0. The Hall–Kier alpha value is -1.80. The number of rotatable bonds is 4. The van der Waals surface area contributed by atoms with Gasteiger partial charge in [-0.1, -0.05) is 0 Å². The van der Waals surface area contributed by atoms with Gasteiger partial charge in [-0.15, -0.1) is 0 Å². The molecule has 0 saturated carbocycles. The third-order valence-electron chi connectivity index (χ3n) is 4.19. The van der Waals surface area contributed by atoms with Crippen LogP contribution in [0.3, 0.4) is 0 Å². The van der Waals surface area contributed by atoms with Crippen LogP contribution in [-0.2, 0) is 0 Å². The van der Waals surface area contributed by atoms with Crippen molar-refractivity contribution >= 4 is 29.1 Å². The van der Waals surface area contributed by atoms with Crippen molar-refractivity contribution in [1.82, 2.24) is 0 Å². The average Bonchev–Trinajstić information content (AvgIpc) is 2.62. The van der Waals surface area contributed by atoms with Crippen molar-refractivity contribution in [3.05, 3.63) is 101 Å². The minimum atomic E-state index is -3.12. The Morgan fingerprint density at radius 1 is 0.565 bits per heavy atom. The van der Waals surface area contributed by atoms with Crippen LogP contribution in [0.2, 0.25) is 0 Å². The molecule has 0 heterocycles. The van der Waals surface area contributed by atoms with Gasteiger partial charge in [-0.2, -0.15) is 0 Å². The molecule has 0 bridgehead atoms. The van der Waals surface area contributed by atoms with Gasteiger partial charge < -0.3 is 0 Å². The zero-order chi connectivity index (χ0) is 16.1. The second-order valence-corrected chi connectivity index (χ2v) is 16.5. The van der Waals surface area contributed by atoms with E-state index in [0.29, 0.717) is 0 Å². The zero-order valence-electron chi connectivity index (χ0n) is 13.7. The Morgan fingerprint density at radius 2 is 0.870 bits per heavy atom. The van der Waals surface area contributed by atoms with E-state index in [9.17, 15) is 0 Å². The van der Waals surface area contributed by atoms with Crippen LogP contribution in [0, 0.1) is 0 Å². The molecular formula is C22H22Sn. The van der Waals surface area contributed by atoms with Gasteiger partial charge in [0.15, 0.2) is 0 Å². The zero-order valence-corrected chi connectivity index (χ0v) is 16.6. The molecule has 0 nitrogen and oxygen atoms in total. The standard InChI is InChI=1S/3C6H5.C4H7.Sn/c3*1-2-4-6-5-3-1;1-4(2)3;/h3*1-5H;1H,2-3H3;. The van der Waals surface area contributed by atoms with E-state index in [0.717, 1.165) is 0 Å². The van der Waals surface area contributed by atoms with E-state index in [1.807, 2.05) is 0 Å². The van der Waals surface area contributed by atoms with Gasteiger partial charge in [0.2, 0.25) is 0 Å². The molecule has 23 heavy (non-hydrogen) atoms. The molecule has 0 radical (unpaired) electrons. The monoisotopic (exact) mass is 406 g/mol. The van der Waals surface area contributed by atoms with E-state index in [4.69, 9.17) is 0 Å². The summed E-state index contributed by atoms with van der Waals surface area (Å²) in [7, 11) is 0. The Kier molecular flexibility index (Phi) is 5.02. The summed E-state index contributed by atoms with van der Waals surface area (Å²) in [6.45, 7) is 4.45. The van der Waals surface area contributed by atoms with E-state index in [-0.39, 0.29) is 0 Å². The summed E-state index contributed by atoms with van der Waals surface area (Å²) in [4.78, 5) is 0. The molecule has 0 amide bonds. The molecule has 0 aliphatic carbocycles. The third kappa shape index (κ3) is 3.27. The fraction of sp³-hybridized carbons (Fsp3) is 0.0909. The summed E-state index contributed by atoms with van der Waals surface area (Å²) in [5.74, 6) is 0. The molecule has 0 N–H and O–H groups in total. The summed E-state index contributed by atoms with van der Waals surface area (Å²) >= 11 is -3.12. The topological polar surface area (TPSA) is 0 Å². The number of allylic oxidation sites excluding steroid dienone is 1. The van der Waals surface area contributed by atoms with Crippen molar-refractivity contribution in [1.29, 1.82) is 0 Å². The van der Waals surface area contributed by atoms with Gasteiger partial charge in [-0.05, 0) is 0 Å². The Bertz CT molecular complexity index is 673. The number of hydrogen-bond donors (Lipinski definition) is 0. The molecule has 3 aromatic carbocycles. The van der Waals surface area contributed by atoms with Crippen molar-refractivity contribution in [2.75, 3.05) is 0 Å². The van der Waals surface area contributed by atoms with Gasteiger partial charge in [-0.3, -0.25) is 0 Å². The van der Waals surface area contributed by atoms with Crippen molar-refractivity contribution in [2.24, 2.45) is 0 Å². The Morgan fingerprint density at radius 3 is 1.13 bits per heavy atom. The number of hydrogen-bond acceptors (Lipinski definition) is 0. The molecule has 0 aliphatic heterocycles.